The second-order valence-electron chi connectivity index (χ2n) is 8.85. The Morgan fingerprint density at radius 1 is 1.14 bits per heavy atom. The molecule has 2 atom stereocenters. The molecule has 3 saturated heterocycles. The first-order valence-electron chi connectivity index (χ1n) is 11.0. The summed E-state index contributed by atoms with van der Waals surface area (Å²) >= 11 is 0. The molecule has 2 N–H and O–H groups in total. The maximum Gasteiger partial charge on any atom is 0.317 e. The number of nitrogens with one attached hydrogen (secondary N) is 2. The van der Waals surface area contributed by atoms with Gasteiger partial charge in [-0.05, 0) is 48.6 Å². The Morgan fingerprint density at radius 3 is 2.32 bits per heavy atom. The van der Waals surface area contributed by atoms with E-state index in [1.54, 1.807) is 6.92 Å². The summed E-state index contributed by atoms with van der Waals surface area (Å²) in [5.41, 5.74) is 1.88. The van der Waals surface area contributed by atoms with E-state index in [0.29, 0.717) is 25.9 Å². The van der Waals surface area contributed by atoms with Crippen molar-refractivity contribution in [1.29, 1.82) is 0 Å². The maximum absolute atomic E-state index is 12.9. The number of amides is 3. The highest BCUT2D eigenvalue weighted by atomic mass is 16.5. The van der Waals surface area contributed by atoms with Gasteiger partial charge in [0.2, 0.25) is 5.91 Å². The van der Waals surface area contributed by atoms with E-state index in [4.69, 9.17) is 6.11 Å². The van der Waals surface area contributed by atoms with Gasteiger partial charge >= 0.3 is 6.03 Å². The van der Waals surface area contributed by atoms with Crippen LogP contribution in [0.5, 0.6) is 0 Å². The molecule has 6 nitrogen and oxygen atoms in total. The number of urea groups is 1. The van der Waals surface area contributed by atoms with Crippen molar-refractivity contribution in [2.45, 2.75) is 75.1 Å². The molecule has 0 aromatic heterocycles. The molecule has 28 heavy (non-hydrogen) atoms. The van der Waals surface area contributed by atoms with Crippen LogP contribution < -0.4 is 10.6 Å². The molecule has 1 aromatic carbocycles. The Morgan fingerprint density at radius 2 is 1.75 bits per heavy atom. The first-order valence-corrected chi connectivity index (χ1v) is 10.5. The Kier molecular flexibility index (Phi) is 4.07. The van der Waals surface area contributed by atoms with Crippen LogP contribution in [0.4, 0.5) is 4.79 Å². The normalized spacial score (nSPS) is 37.0. The summed E-state index contributed by atoms with van der Waals surface area (Å²) in [5.74, 6) is 0.569. The number of piperidine rings is 1. The third kappa shape index (κ3) is 3.17. The minimum absolute atomic E-state index is 0.0591. The van der Waals surface area contributed by atoms with Gasteiger partial charge in [-0.15, -0.1) is 0 Å². The summed E-state index contributed by atoms with van der Waals surface area (Å²) in [6.45, 7) is 2.94. The number of likely N-dealkylation sites (tertiary alicyclic amines) is 1. The zero-order valence-electron chi connectivity index (χ0n) is 17.4. The molecule has 6 heteroatoms. The first-order chi connectivity index (χ1) is 13.8. The van der Waals surface area contributed by atoms with E-state index in [1.807, 2.05) is 4.90 Å². The van der Waals surface area contributed by atoms with Crippen LogP contribution in [0, 0.1) is 0 Å². The fourth-order valence-corrected chi connectivity index (χ4v) is 5.69. The molecule has 1 aromatic rings. The number of hydrogen-bond donors (Lipinski definition) is 2. The number of nitrogens with zero attached hydrogens (tertiary/aromatic N) is 1. The lowest BCUT2D eigenvalue weighted by Gasteiger charge is -2.48. The van der Waals surface area contributed by atoms with Gasteiger partial charge in [0.15, 0.2) is 0 Å². The lowest BCUT2D eigenvalue weighted by molar-refractivity contribution is -0.177. The van der Waals surface area contributed by atoms with Gasteiger partial charge in [0.1, 0.15) is 5.72 Å². The van der Waals surface area contributed by atoms with E-state index in [2.05, 4.69) is 34.9 Å². The van der Waals surface area contributed by atoms with Gasteiger partial charge in [-0.2, -0.15) is 0 Å². The quantitative estimate of drug-likeness (QED) is 0.824. The van der Waals surface area contributed by atoms with E-state index in [-0.39, 0.29) is 29.8 Å². The summed E-state index contributed by atoms with van der Waals surface area (Å²) in [6.07, 6.45) is 3.41. The average Bonchev–Trinajstić information content (AvgIpc) is 2.80. The number of carbonyl (C=O) groups is 2. The molecule has 3 aliphatic heterocycles. The Hall–Kier alpha value is -2.08. The molecule has 2 aliphatic carbocycles. The predicted molar refractivity (Wildman–Crippen MR) is 105 cm³/mol. The van der Waals surface area contributed by atoms with E-state index >= 15 is 0 Å². The molecule has 3 heterocycles. The molecule has 150 valence electrons. The second kappa shape index (κ2) is 6.76. The van der Waals surface area contributed by atoms with Crippen LogP contribution in [0.25, 0.3) is 0 Å². The predicted octanol–water partition coefficient (Wildman–Crippen LogP) is 2.85. The number of carbonyl (C=O) groups excluding carboxylic acids is 2. The van der Waals surface area contributed by atoms with Crippen LogP contribution in [-0.2, 0) is 9.53 Å². The Bertz CT molecular complexity index is 801. The molecule has 2 unspecified atom stereocenters. The van der Waals surface area contributed by atoms with Crippen molar-refractivity contribution >= 4 is 11.9 Å². The van der Waals surface area contributed by atoms with Gasteiger partial charge in [-0.25, -0.2) is 4.79 Å². The van der Waals surface area contributed by atoms with E-state index < -0.39 is 11.8 Å². The molecule has 0 saturated carbocycles. The summed E-state index contributed by atoms with van der Waals surface area (Å²) in [4.78, 5) is 26.2. The van der Waals surface area contributed by atoms with Crippen molar-refractivity contribution in [3.8, 4) is 0 Å². The number of rotatable bonds is 2. The summed E-state index contributed by atoms with van der Waals surface area (Å²) in [7, 11) is 0. The monoisotopic (exact) mass is 384 g/mol. The molecule has 4 bridgehead atoms. The van der Waals surface area contributed by atoms with Crippen molar-refractivity contribution in [2.24, 2.45) is 0 Å². The van der Waals surface area contributed by atoms with E-state index in [0.717, 1.165) is 25.7 Å². The standard InChI is InChI=1S/C22H29N3O3/c1-14(26)25-8-6-17(7-9-25)23-21(27)24-22-12-15-10-18(28-22)11-16(13-22)20-5-3-2-4-19(15)20/h2-5,15-18H,6-13H2,1H3,(H2,23,24,27)/i18D. The fourth-order valence-electron chi connectivity index (χ4n) is 5.69. The Labute approximate surface area is 167 Å². The molecular weight excluding hydrogens is 354 g/mol. The minimum Gasteiger partial charge on any atom is -0.352 e. The van der Waals surface area contributed by atoms with Crippen molar-refractivity contribution in [3.05, 3.63) is 35.4 Å². The molecule has 3 fully saturated rings. The molecule has 0 spiro atoms. The van der Waals surface area contributed by atoms with Gasteiger partial charge in [0.05, 0.1) is 7.45 Å². The zero-order chi connectivity index (χ0) is 20.2. The van der Waals surface area contributed by atoms with Crippen molar-refractivity contribution in [1.82, 2.24) is 15.5 Å². The number of benzene rings is 1. The lowest BCUT2D eigenvalue weighted by Crippen LogP contribution is -2.61. The average molecular weight is 384 g/mol. The minimum atomic E-state index is -0.940. The third-order valence-electron chi connectivity index (χ3n) is 6.93. The van der Waals surface area contributed by atoms with Crippen LogP contribution in [-0.4, -0.2) is 47.8 Å². The second-order valence-corrected chi connectivity index (χ2v) is 8.85. The van der Waals surface area contributed by atoms with Gasteiger partial charge in [-0.3, -0.25) is 4.79 Å². The van der Waals surface area contributed by atoms with Gasteiger partial charge in [0, 0.05) is 38.9 Å². The number of hydrogen-bond acceptors (Lipinski definition) is 3. The summed E-state index contributed by atoms with van der Waals surface area (Å²) in [6, 6.07) is 8.35. The SMILES string of the molecule is [2H]C12CC3CC(NC(=O)NC4CCN(C(C)=O)CC4)(CC(C1)c1ccccc13)O2. The maximum atomic E-state index is 12.9. The molecule has 0 radical (unpaired) electrons. The molecule has 3 amide bonds. The van der Waals surface area contributed by atoms with Crippen molar-refractivity contribution < 1.29 is 15.7 Å². The van der Waals surface area contributed by atoms with E-state index in [9.17, 15) is 9.59 Å². The van der Waals surface area contributed by atoms with E-state index in [1.165, 1.54) is 11.1 Å². The van der Waals surface area contributed by atoms with Crippen molar-refractivity contribution in [2.75, 3.05) is 13.1 Å². The smallest absolute Gasteiger partial charge is 0.317 e. The van der Waals surface area contributed by atoms with Crippen LogP contribution in [0.1, 0.15) is 69.8 Å². The highest BCUT2D eigenvalue weighted by molar-refractivity contribution is 5.75. The molecule has 6 rings (SSSR count). The highest BCUT2D eigenvalue weighted by Crippen LogP contribution is 2.54. The summed E-state index contributed by atoms with van der Waals surface area (Å²) < 4.78 is 15.1. The first kappa shape index (κ1) is 16.8. The van der Waals surface area contributed by atoms with Crippen LogP contribution in [0.2, 0.25) is 0 Å². The van der Waals surface area contributed by atoms with Gasteiger partial charge in [-0.1, -0.05) is 24.3 Å². The topological polar surface area (TPSA) is 70.7 Å². The van der Waals surface area contributed by atoms with Crippen LogP contribution in [0.3, 0.4) is 0 Å². The molecular formula is C22H29N3O3. The van der Waals surface area contributed by atoms with Crippen LogP contribution >= 0.6 is 0 Å². The third-order valence-corrected chi connectivity index (χ3v) is 6.93. The number of ether oxygens (including phenoxy) is 1. The fraction of sp³-hybridized carbons (Fsp3) is 0.636. The van der Waals surface area contributed by atoms with Gasteiger partial charge < -0.3 is 20.3 Å². The Balaban J connectivity index is 1.30. The largest absolute Gasteiger partial charge is 0.352 e. The van der Waals surface area contributed by atoms with Crippen molar-refractivity contribution in [3.63, 3.8) is 0 Å². The summed E-state index contributed by atoms with van der Waals surface area (Å²) in [5, 5.41) is 6.21. The molecule has 5 aliphatic rings. The highest BCUT2D eigenvalue weighted by Gasteiger charge is 2.52. The van der Waals surface area contributed by atoms with Gasteiger partial charge in [0.25, 0.3) is 0 Å². The zero-order valence-corrected chi connectivity index (χ0v) is 16.4. The lowest BCUT2D eigenvalue weighted by atomic mass is 9.79. The van der Waals surface area contributed by atoms with Crippen LogP contribution in [0.15, 0.2) is 24.3 Å².